The third-order valence-corrected chi connectivity index (χ3v) is 10.5. The van der Waals surface area contributed by atoms with Gasteiger partial charge in [-0.05, 0) is 83.9 Å². The number of aromatic nitrogens is 2. The first-order valence-corrected chi connectivity index (χ1v) is 19.1. The minimum Gasteiger partial charge on any atom is -0.479 e. The zero-order valence-corrected chi connectivity index (χ0v) is 32.8. The smallest absolute Gasteiger partial charge is 0.416 e. The van der Waals surface area contributed by atoms with Crippen LogP contribution < -0.4 is 5.56 Å². The second kappa shape index (κ2) is 20.3. The summed E-state index contributed by atoms with van der Waals surface area (Å²) in [7, 11) is 0. The minimum atomic E-state index is -4.40. The van der Waals surface area contributed by atoms with Crippen LogP contribution in [0.15, 0.2) is 83.0 Å². The Morgan fingerprint density at radius 3 is 1.86 bits per heavy atom. The number of fused-ring (bicyclic) bond motifs is 1. The lowest BCUT2D eigenvalue weighted by Gasteiger charge is -2.27. The Bertz CT molecular complexity index is 2210. The van der Waals surface area contributed by atoms with Crippen molar-refractivity contribution in [3.8, 4) is 11.1 Å². The fraction of sp³-hybridized carbons (Fsp3) is 0.341. The van der Waals surface area contributed by atoms with E-state index in [9.17, 15) is 36.7 Å². The second-order valence-corrected chi connectivity index (χ2v) is 14.2. The molecule has 12 nitrogen and oxygen atoms in total. The SMILES string of the molecule is CCN(CC)CCN(Cc1ccc(-c2ccc(C(F)(F)F)cc2)cc1)C(=O)Cn1c(CCc2ccc(F)cc2)nc(=O)c2c(C)csc21.O=C(O)C(O)C(O)C(=O)O. The van der Waals surface area contributed by atoms with Crippen LogP contribution in [0.5, 0.6) is 0 Å². The molecule has 0 fully saturated rings. The predicted octanol–water partition coefficient (Wildman–Crippen LogP) is 5.62. The normalized spacial score (nSPS) is 12.5. The Morgan fingerprint density at radius 2 is 1.34 bits per heavy atom. The number of carboxylic acid groups (broad SMARTS) is 2. The number of likely N-dealkylation sites (N-methyl/N-ethyl adjacent to an activating group) is 1. The Kier molecular flexibility index (Phi) is 15.8. The number of carbonyl (C=O) groups excluding carboxylic acids is 1. The molecule has 4 N–H and O–H groups in total. The first-order chi connectivity index (χ1) is 27.4. The fourth-order valence-corrected chi connectivity index (χ4v) is 7.04. The first-order valence-electron chi connectivity index (χ1n) is 18.2. The van der Waals surface area contributed by atoms with Gasteiger partial charge in [0, 0.05) is 26.1 Å². The van der Waals surface area contributed by atoms with E-state index in [-0.39, 0.29) is 23.8 Å². The highest BCUT2D eigenvalue weighted by Gasteiger charge is 2.30. The summed E-state index contributed by atoms with van der Waals surface area (Å²) >= 11 is 1.41. The summed E-state index contributed by atoms with van der Waals surface area (Å²) in [6, 6.07) is 18.7. The fourth-order valence-electron chi connectivity index (χ4n) is 5.98. The number of aryl methyl sites for hydroxylation is 3. The zero-order valence-electron chi connectivity index (χ0n) is 31.9. The van der Waals surface area contributed by atoms with Crippen LogP contribution in [0.1, 0.15) is 41.9 Å². The van der Waals surface area contributed by atoms with Crippen molar-refractivity contribution in [2.24, 2.45) is 0 Å². The second-order valence-electron chi connectivity index (χ2n) is 13.3. The molecule has 5 aromatic rings. The molecule has 310 valence electrons. The van der Waals surface area contributed by atoms with Crippen LogP contribution in [0.25, 0.3) is 21.3 Å². The van der Waals surface area contributed by atoms with Crippen LogP contribution in [-0.4, -0.2) is 96.0 Å². The maximum Gasteiger partial charge on any atom is 0.416 e. The minimum absolute atomic E-state index is 0.00955. The summed E-state index contributed by atoms with van der Waals surface area (Å²) in [6.45, 7) is 9.16. The van der Waals surface area contributed by atoms with Crippen LogP contribution in [0.2, 0.25) is 0 Å². The van der Waals surface area contributed by atoms with Crippen molar-refractivity contribution in [1.82, 2.24) is 19.4 Å². The van der Waals surface area contributed by atoms with E-state index < -0.39 is 35.9 Å². The molecule has 2 heterocycles. The topological polar surface area (TPSA) is 174 Å². The van der Waals surface area contributed by atoms with Crippen LogP contribution in [-0.2, 0) is 46.5 Å². The van der Waals surface area contributed by atoms with E-state index in [0.717, 1.165) is 47.5 Å². The molecule has 0 aliphatic rings. The van der Waals surface area contributed by atoms with Gasteiger partial charge in [-0.2, -0.15) is 18.2 Å². The van der Waals surface area contributed by atoms with E-state index in [0.29, 0.717) is 54.1 Å². The summed E-state index contributed by atoms with van der Waals surface area (Å²) in [5.74, 6) is -3.50. The maximum atomic E-state index is 14.2. The highest BCUT2D eigenvalue weighted by atomic mass is 32.1. The number of carbonyl (C=O) groups is 3. The number of halogens is 4. The van der Waals surface area contributed by atoms with E-state index in [2.05, 4.69) is 23.7 Å². The molecule has 58 heavy (non-hydrogen) atoms. The number of thiophene rings is 1. The molecule has 0 bridgehead atoms. The average Bonchev–Trinajstić information content (AvgIpc) is 3.60. The quantitative estimate of drug-likeness (QED) is 0.0915. The van der Waals surface area contributed by atoms with Crippen molar-refractivity contribution < 1.29 is 52.4 Å². The van der Waals surface area contributed by atoms with E-state index in [1.54, 1.807) is 17.0 Å². The number of aliphatic hydroxyl groups is 2. The monoisotopic (exact) mass is 828 g/mol. The number of aliphatic hydroxyl groups excluding tert-OH is 2. The highest BCUT2D eigenvalue weighted by Crippen LogP contribution is 2.31. The number of benzene rings is 3. The predicted molar refractivity (Wildman–Crippen MR) is 210 cm³/mol. The lowest BCUT2D eigenvalue weighted by Crippen LogP contribution is -2.40. The molecule has 2 atom stereocenters. The van der Waals surface area contributed by atoms with Crippen molar-refractivity contribution in [1.29, 1.82) is 0 Å². The lowest BCUT2D eigenvalue weighted by molar-refractivity contribution is -0.165. The summed E-state index contributed by atoms with van der Waals surface area (Å²) in [4.78, 5) is 55.9. The molecule has 0 aliphatic carbocycles. The van der Waals surface area contributed by atoms with Crippen LogP contribution >= 0.6 is 11.3 Å². The number of aliphatic carboxylic acids is 2. The molecule has 0 aliphatic heterocycles. The number of alkyl halides is 3. The third kappa shape index (κ3) is 12.0. The van der Waals surface area contributed by atoms with Gasteiger partial charge in [0.25, 0.3) is 5.56 Å². The Labute approximate surface area is 335 Å². The molecule has 0 saturated heterocycles. The van der Waals surface area contributed by atoms with Gasteiger partial charge in [-0.15, -0.1) is 11.3 Å². The molecule has 5 rings (SSSR count). The number of hydrogen-bond acceptors (Lipinski definition) is 9. The van der Waals surface area contributed by atoms with Crippen LogP contribution in [0, 0.1) is 12.7 Å². The number of hydrogen-bond donors (Lipinski definition) is 4. The van der Waals surface area contributed by atoms with Crippen molar-refractivity contribution in [3.05, 3.63) is 122 Å². The number of carboxylic acids is 2. The van der Waals surface area contributed by atoms with E-state index in [1.807, 2.05) is 41.1 Å². The number of nitrogens with zero attached hydrogens (tertiary/aromatic N) is 4. The molecule has 3 aromatic carbocycles. The largest absolute Gasteiger partial charge is 0.479 e. The molecule has 0 radical (unpaired) electrons. The molecule has 1 amide bonds. The summed E-state index contributed by atoms with van der Waals surface area (Å²) in [5, 5.41) is 34.9. The van der Waals surface area contributed by atoms with Crippen molar-refractivity contribution in [2.75, 3.05) is 26.2 Å². The van der Waals surface area contributed by atoms with Gasteiger partial charge in [0.1, 0.15) is 23.0 Å². The molecule has 2 aromatic heterocycles. The van der Waals surface area contributed by atoms with Crippen LogP contribution in [0.3, 0.4) is 0 Å². The van der Waals surface area contributed by atoms with E-state index in [1.165, 1.54) is 35.6 Å². The standard InChI is InChI=1S/C37H38F4N4O2S.C4H6O6/c1-4-43(5-2)20-21-44(22-27-6-11-28(12-7-27)29-13-15-30(16-14-29)37(39,40)41)33(46)23-45-32(19-10-26-8-17-31(38)18-9-26)42-35(47)34-25(3)24-48-36(34)45;5-1(3(7)8)2(6)4(9)10/h6-9,11-18,24H,4-5,10,19-23H2,1-3H3;1-2,5-6H,(H,7,8)(H,9,10). The molecular weight excluding hydrogens is 785 g/mol. The highest BCUT2D eigenvalue weighted by molar-refractivity contribution is 7.17. The lowest BCUT2D eigenvalue weighted by atomic mass is 10.0. The Morgan fingerprint density at radius 1 is 0.810 bits per heavy atom. The van der Waals surface area contributed by atoms with Gasteiger partial charge in [-0.3, -0.25) is 9.59 Å². The zero-order chi connectivity index (χ0) is 42.7. The molecule has 17 heteroatoms. The number of rotatable bonds is 16. The molecule has 2 unspecified atom stereocenters. The summed E-state index contributed by atoms with van der Waals surface area (Å²) < 4.78 is 54.4. The van der Waals surface area contributed by atoms with Gasteiger partial charge in [0.05, 0.1) is 10.9 Å². The summed E-state index contributed by atoms with van der Waals surface area (Å²) in [6.07, 6.45) is -8.01. The van der Waals surface area contributed by atoms with Crippen molar-refractivity contribution in [3.63, 3.8) is 0 Å². The maximum absolute atomic E-state index is 14.2. The molecular formula is C41H44F4N4O8S. The van der Waals surface area contributed by atoms with Gasteiger partial charge in [0.15, 0.2) is 12.2 Å². The van der Waals surface area contributed by atoms with Crippen molar-refractivity contribution in [2.45, 2.75) is 65.1 Å². The van der Waals surface area contributed by atoms with Crippen LogP contribution in [0.4, 0.5) is 17.6 Å². The Hall–Kier alpha value is -5.49. The summed E-state index contributed by atoms with van der Waals surface area (Å²) in [5.41, 5.74) is 3.00. The van der Waals surface area contributed by atoms with E-state index in [4.69, 9.17) is 20.4 Å². The Balaban J connectivity index is 0.000000657. The number of amides is 1. The van der Waals surface area contributed by atoms with Gasteiger partial charge in [0.2, 0.25) is 5.91 Å². The van der Waals surface area contributed by atoms with E-state index >= 15 is 0 Å². The van der Waals surface area contributed by atoms with Gasteiger partial charge in [-0.1, -0.05) is 62.4 Å². The van der Waals surface area contributed by atoms with Crippen molar-refractivity contribution >= 4 is 39.4 Å². The average molecular weight is 829 g/mol. The van der Waals surface area contributed by atoms with Gasteiger partial charge >= 0.3 is 18.1 Å². The van der Waals surface area contributed by atoms with Gasteiger partial charge in [-0.25, -0.2) is 14.0 Å². The molecule has 0 spiro atoms. The molecule has 0 saturated carbocycles. The first kappa shape index (κ1) is 45.2. The van der Waals surface area contributed by atoms with Gasteiger partial charge < -0.3 is 34.8 Å². The third-order valence-electron chi connectivity index (χ3n) is 9.41.